The lowest BCUT2D eigenvalue weighted by molar-refractivity contribution is -0.693. The largest absolute Gasteiger partial charge is 0.436 e. The summed E-state index contributed by atoms with van der Waals surface area (Å²) in [7, 11) is 0. The third-order valence-electron chi connectivity index (χ3n) is 2.80. The third kappa shape index (κ3) is 1.80. The molecule has 0 unspecified atom stereocenters. The molecule has 3 heteroatoms. The molecule has 0 saturated carbocycles. The highest BCUT2D eigenvalue weighted by atomic mass is 16.3. The van der Waals surface area contributed by atoms with E-state index in [0.717, 1.165) is 23.2 Å². The molecule has 2 aromatic heterocycles. The number of fused-ring (bicyclic) bond motifs is 1. The van der Waals surface area contributed by atoms with Crippen LogP contribution >= 0.6 is 0 Å². The standard InChI is InChI=1S/C14H13N2O/c1-2-16-9-7-11(8-10-16)14-15-12-5-3-4-6-13(12)17-14/h3-10H,2H2,1H3/q+1. The van der Waals surface area contributed by atoms with Gasteiger partial charge >= 0.3 is 0 Å². The van der Waals surface area contributed by atoms with E-state index in [2.05, 4.69) is 16.5 Å². The van der Waals surface area contributed by atoms with Crippen molar-refractivity contribution in [2.24, 2.45) is 0 Å². The van der Waals surface area contributed by atoms with Gasteiger partial charge in [-0.2, -0.15) is 0 Å². The van der Waals surface area contributed by atoms with E-state index in [-0.39, 0.29) is 0 Å². The van der Waals surface area contributed by atoms with Crippen molar-refractivity contribution in [3.05, 3.63) is 48.8 Å². The fraction of sp³-hybridized carbons (Fsp3) is 0.143. The number of para-hydroxylation sites is 2. The van der Waals surface area contributed by atoms with Crippen molar-refractivity contribution < 1.29 is 8.98 Å². The number of aryl methyl sites for hydroxylation is 1. The zero-order valence-corrected chi connectivity index (χ0v) is 9.63. The van der Waals surface area contributed by atoms with Crippen molar-refractivity contribution in [1.29, 1.82) is 0 Å². The van der Waals surface area contributed by atoms with Gasteiger partial charge in [0.15, 0.2) is 18.0 Å². The number of hydrogen-bond acceptors (Lipinski definition) is 2. The van der Waals surface area contributed by atoms with Crippen molar-refractivity contribution in [2.45, 2.75) is 13.5 Å². The molecule has 0 saturated heterocycles. The maximum Gasteiger partial charge on any atom is 0.227 e. The molecule has 0 aliphatic carbocycles. The summed E-state index contributed by atoms with van der Waals surface area (Å²) in [6.07, 6.45) is 4.06. The van der Waals surface area contributed by atoms with Gasteiger partial charge in [0.2, 0.25) is 5.89 Å². The molecule has 0 amide bonds. The molecule has 84 valence electrons. The van der Waals surface area contributed by atoms with Gasteiger partial charge in [-0.05, 0) is 19.1 Å². The zero-order chi connectivity index (χ0) is 11.7. The van der Waals surface area contributed by atoms with Crippen molar-refractivity contribution in [3.63, 3.8) is 0 Å². The minimum Gasteiger partial charge on any atom is -0.436 e. The Bertz CT molecular complexity index is 608. The summed E-state index contributed by atoms with van der Waals surface area (Å²) in [4.78, 5) is 4.46. The van der Waals surface area contributed by atoms with Crippen molar-refractivity contribution in [1.82, 2.24) is 4.98 Å². The number of rotatable bonds is 2. The molecule has 2 heterocycles. The van der Waals surface area contributed by atoms with Crippen LogP contribution < -0.4 is 4.57 Å². The highest BCUT2D eigenvalue weighted by Gasteiger charge is 2.08. The monoisotopic (exact) mass is 225 g/mol. The number of aromatic nitrogens is 2. The molecule has 3 nitrogen and oxygen atoms in total. The Hall–Kier alpha value is -2.16. The predicted molar refractivity (Wildman–Crippen MR) is 65.3 cm³/mol. The van der Waals surface area contributed by atoms with Crippen LogP contribution in [-0.4, -0.2) is 4.98 Å². The first-order chi connectivity index (χ1) is 8.36. The predicted octanol–water partition coefficient (Wildman–Crippen LogP) is 2.80. The molecular weight excluding hydrogens is 212 g/mol. The maximum absolute atomic E-state index is 5.71. The summed E-state index contributed by atoms with van der Waals surface area (Å²) >= 11 is 0. The second-order valence-corrected chi connectivity index (χ2v) is 3.90. The molecule has 1 aromatic carbocycles. The second kappa shape index (κ2) is 4.01. The van der Waals surface area contributed by atoms with E-state index in [0.29, 0.717) is 5.89 Å². The fourth-order valence-electron chi connectivity index (χ4n) is 1.81. The lowest BCUT2D eigenvalue weighted by atomic mass is 10.2. The van der Waals surface area contributed by atoms with Crippen LogP contribution in [0.5, 0.6) is 0 Å². The van der Waals surface area contributed by atoms with Crippen LogP contribution in [0.1, 0.15) is 6.92 Å². The van der Waals surface area contributed by atoms with Gasteiger partial charge in [0.05, 0.1) is 0 Å². The van der Waals surface area contributed by atoms with Gasteiger partial charge in [-0.3, -0.25) is 0 Å². The van der Waals surface area contributed by atoms with E-state index >= 15 is 0 Å². The van der Waals surface area contributed by atoms with Crippen LogP contribution in [-0.2, 0) is 6.54 Å². The second-order valence-electron chi connectivity index (χ2n) is 3.90. The first kappa shape index (κ1) is 10.0. The number of oxazole rings is 1. The molecule has 0 fully saturated rings. The van der Waals surface area contributed by atoms with Crippen LogP contribution in [0, 0.1) is 0 Å². The Morgan fingerprint density at radius 3 is 2.59 bits per heavy atom. The van der Waals surface area contributed by atoms with Gasteiger partial charge in [-0.25, -0.2) is 9.55 Å². The van der Waals surface area contributed by atoms with E-state index in [1.807, 2.05) is 48.8 Å². The van der Waals surface area contributed by atoms with E-state index in [1.54, 1.807) is 0 Å². The minimum absolute atomic E-state index is 0.675. The van der Waals surface area contributed by atoms with Gasteiger partial charge in [-0.15, -0.1) is 0 Å². The van der Waals surface area contributed by atoms with Crippen LogP contribution in [0.3, 0.4) is 0 Å². The molecule has 0 bridgehead atoms. The number of hydrogen-bond donors (Lipinski definition) is 0. The van der Waals surface area contributed by atoms with Gasteiger partial charge in [0.25, 0.3) is 0 Å². The molecule has 17 heavy (non-hydrogen) atoms. The Kier molecular flexibility index (Phi) is 2.37. The molecule has 3 rings (SSSR count). The highest BCUT2D eigenvalue weighted by molar-refractivity contribution is 5.75. The molecular formula is C14H13N2O+. The summed E-state index contributed by atoms with van der Waals surface area (Å²) in [5.41, 5.74) is 2.73. The molecule has 0 aliphatic rings. The smallest absolute Gasteiger partial charge is 0.227 e. The van der Waals surface area contributed by atoms with Crippen LogP contribution in [0.4, 0.5) is 0 Å². The summed E-state index contributed by atoms with van der Waals surface area (Å²) in [5, 5.41) is 0. The SMILES string of the molecule is CC[n+]1ccc(-c2nc3ccccc3o2)cc1. The third-order valence-corrected chi connectivity index (χ3v) is 2.80. The summed E-state index contributed by atoms with van der Waals surface area (Å²) in [5.74, 6) is 0.675. The van der Waals surface area contributed by atoms with Crippen LogP contribution in [0.25, 0.3) is 22.6 Å². The topological polar surface area (TPSA) is 29.9 Å². The van der Waals surface area contributed by atoms with Gasteiger partial charge in [-0.1, -0.05) is 12.1 Å². The van der Waals surface area contributed by atoms with Crippen LogP contribution in [0.15, 0.2) is 53.2 Å². The molecule has 0 aliphatic heterocycles. The minimum atomic E-state index is 0.675. The quantitative estimate of drug-likeness (QED) is 0.628. The first-order valence-electron chi connectivity index (χ1n) is 5.72. The fourth-order valence-corrected chi connectivity index (χ4v) is 1.81. The summed E-state index contributed by atoms with van der Waals surface area (Å²) in [6, 6.07) is 11.8. The summed E-state index contributed by atoms with van der Waals surface area (Å²) < 4.78 is 7.81. The average Bonchev–Trinajstić information content (AvgIpc) is 2.82. The van der Waals surface area contributed by atoms with E-state index < -0.39 is 0 Å². The van der Waals surface area contributed by atoms with Crippen molar-refractivity contribution in [2.75, 3.05) is 0 Å². The van der Waals surface area contributed by atoms with E-state index in [9.17, 15) is 0 Å². The van der Waals surface area contributed by atoms with Crippen molar-refractivity contribution in [3.8, 4) is 11.5 Å². The average molecular weight is 225 g/mol. The number of benzene rings is 1. The molecule has 0 radical (unpaired) electrons. The van der Waals surface area contributed by atoms with Gasteiger partial charge in [0.1, 0.15) is 12.1 Å². The molecule has 0 N–H and O–H groups in total. The number of nitrogens with zero attached hydrogens (tertiary/aromatic N) is 2. The van der Waals surface area contributed by atoms with Crippen molar-refractivity contribution >= 4 is 11.1 Å². The Morgan fingerprint density at radius 2 is 1.88 bits per heavy atom. The first-order valence-corrected chi connectivity index (χ1v) is 5.72. The normalized spacial score (nSPS) is 10.9. The zero-order valence-electron chi connectivity index (χ0n) is 9.63. The molecule has 3 aromatic rings. The van der Waals surface area contributed by atoms with Gasteiger partial charge < -0.3 is 4.42 Å². The Morgan fingerprint density at radius 1 is 1.12 bits per heavy atom. The Labute approximate surface area is 99.3 Å². The van der Waals surface area contributed by atoms with Crippen LogP contribution in [0.2, 0.25) is 0 Å². The van der Waals surface area contributed by atoms with E-state index in [4.69, 9.17) is 4.42 Å². The van der Waals surface area contributed by atoms with E-state index in [1.165, 1.54) is 0 Å². The lowest BCUT2D eigenvalue weighted by Gasteiger charge is -1.93. The highest BCUT2D eigenvalue weighted by Crippen LogP contribution is 2.22. The Balaban J connectivity index is 2.07. The molecule has 0 spiro atoms. The number of pyridine rings is 1. The molecule has 0 atom stereocenters. The lowest BCUT2D eigenvalue weighted by Crippen LogP contribution is -2.30. The summed E-state index contributed by atoms with van der Waals surface area (Å²) in [6.45, 7) is 3.08. The maximum atomic E-state index is 5.71. The van der Waals surface area contributed by atoms with Gasteiger partial charge in [0, 0.05) is 17.7 Å².